The Morgan fingerprint density at radius 2 is 2.00 bits per heavy atom. The van der Waals surface area contributed by atoms with Crippen LogP contribution in [0.5, 0.6) is 0 Å². The Morgan fingerprint density at radius 3 is 2.53 bits per heavy atom. The second kappa shape index (κ2) is 5.48. The van der Waals surface area contributed by atoms with Crippen LogP contribution in [0.3, 0.4) is 0 Å². The fourth-order valence-corrected chi connectivity index (χ4v) is 1.50. The van der Waals surface area contributed by atoms with Gasteiger partial charge in [-0.15, -0.1) is 0 Å². The number of benzene rings is 1. The summed E-state index contributed by atoms with van der Waals surface area (Å²) >= 11 is 0. The van der Waals surface area contributed by atoms with E-state index in [1.165, 1.54) is 0 Å². The summed E-state index contributed by atoms with van der Waals surface area (Å²) < 4.78 is 0. The van der Waals surface area contributed by atoms with E-state index >= 15 is 0 Å². The van der Waals surface area contributed by atoms with Crippen molar-refractivity contribution in [3.05, 3.63) is 34.9 Å². The van der Waals surface area contributed by atoms with Gasteiger partial charge in [-0.25, -0.2) is 0 Å². The van der Waals surface area contributed by atoms with Crippen molar-refractivity contribution in [3.8, 4) is 0 Å². The second-order valence-electron chi connectivity index (χ2n) is 4.27. The minimum atomic E-state index is -0.911. The van der Waals surface area contributed by atoms with Gasteiger partial charge in [0, 0.05) is 12.1 Å². The summed E-state index contributed by atoms with van der Waals surface area (Å²) in [6.45, 7) is 5.52. The average molecular weight is 235 g/mol. The van der Waals surface area contributed by atoms with E-state index in [0.717, 1.165) is 11.1 Å². The fourth-order valence-electron chi connectivity index (χ4n) is 1.50. The largest absolute Gasteiger partial charge is 0.481 e. The van der Waals surface area contributed by atoms with Crippen LogP contribution < -0.4 is 5.32 Å². The first-order valence-corrected chi connectivity index (χ1v) is 5.50. The van der Waals surface area contributed by atoms with E-state index in [1.807, 2.05) is 26.0 Å². The van der Waals surface area contributed by atoms with Gasteiger partial charge in [0.15, 0.2) is 0 Å². The van der Waals surface area contributed by atoms with Crippen LogP contribution in [0.25, 0.3) is 0 Å². The van der Waals surface area contributed by atoms with Crippen molar-refractivity contribution in [2.24, 2.45) is 5.92 Å². The zero-order valence-electron chi connectivity index (χ0n) is 10.3. The smallest absolute Gasteiger partial charge is 0.308 e. The van der Waals surface area contributed by atoms with E-state index in [9.17, 15) is 9.59 Å². The van der Waals surface area contributed by atoms with Crippen molar-refractivity contribution in [2.75, 3.05) is 6.54 Å². The van der Waals surface area contributed by atoms with Gasteiger partial charge in [-0.3, -0.25) is 9.59 Å². The Labute approximate surface area is 101 Å². The monoisotopic (exact) mass is 235 g/mol. The van der Waals surface area contributed by atoms with Gasteiger partial charge >= 0.3 is 5.97 Å². The molecule has 0 saturated heterocycles. The number of amides is 1. The number of carbonyl (C=O) groups excluding carboxylic acids is 1. The molecule has 4 heteroatoms. The van der Waals surface area contributed by atoms with Crippen molar-refractivity contribution >= 4 is 11.9 Å². The Balaban J connectivity index is 2.67. The zero-order valence-corrected chi connectivity index (χ0v) is 10.3. The Bertz CT molecular complexity index is 440. The predicted molar refractivity (Wildman–Crippen MR) is 65.0 cm³/mol. The number of aliphatic carboxylic acids is 1. The highest BCUT2D eigenvalue weighted by Crippen LogP contribution is 2.10. The number of carboxylic acid groups (broad SMARTS) is 1. The summed E-state index contributed by atoms with van der Waals surface area (Å²) in [4.78, 5) is 22.4. The Morgan fingerprint density at radius 1 is 1.35 bits per heavy atom. The van der Waals surface area contributed by atoms with E-state index in [-0.39, 0.29) is 12.5 Å². The molecule has 0 aliphatic carbocycles. The van der Waals surface area contributed by atoms with Gasteiger partial charge in [-0.2, -0.15) is 0 Å². The molecule has 0 bridgehead atoms. The van der Waals surface area contributed by atoms with Crippen LogP contribution in [0.2, 0.25) is 0 Å². The van der Waals surface area contributed by atoms with Crippen molar-refractivity contribution in [3.63, 3.8) is 0 Å². The van der Waals surface area contributed by atoms with Crippen LogP contribution in [0.15, 0.2) is 18.2 Å². The van der Waals surface area contributed by atoms with Gasteiger partial charge in [0.25, 0.3) is 5.91 Å². The molecule has 1 rings (SSSR count). The topological polar surface area (TPSA) is 66.4 Å². The fraction of sp³-hybridized carbons (Fsp3) is 0.385. The van der Waals surface area contributed by atoms with E-state index in [4.69, 9.17) is 5.11 Å². The molecule has 92 valence electrons. The SMILES string of the molecule is Cc1ccc(C(=O)NC[C@@H](C)C(=O)O)c(C)c1. The van der Waals surface area contributed by atoms with Gasteiger partial charge < -0.3 is 10.4 Å². The maximum atomic E-state index is 11.8. The first-order chi connectivity index (χ1) is 7.91. The lowest BCUT2D eigenvalue weighted by Crippen LogP contribution is -2.31. The third kappa shape index (κ3) is 3.59. The van der Waals surface area contributed by atoms with E-state index in [1.54, 1.807) is 13.0 Å². The third-order valence-corrected chi connectivity index (χ3v) is 2.62. The standard InChI is InChI=1S/C13H17NO3/c1-8-4-5-11(9(2)6-8)12(15)14-7-10(3)13(16)17/h4-6,10H,7H2,1-3H3,(H,14,15)(H,16,17)/t10-/m1/s1. The van der Waals surface area contributed by atoms with Crippen LogP contribution in [0, 0.1) is 19.8 Å². The predicted octanol–water partition coefficient (Wildman–Crippen LogP) is 1.75. The number of aryl methyl sites for hydroxylation is 2. The molecule has 1 amide bonds. The highest BCUT2D eigenvalue weighted by atomic mass is 16.4. The summed E-state index contributed by atoms with van der Waals surface area (Å²) in [5.41, 5.74) is 2.58. The highest BCUT2D eigenvalue weighted by Gasteiger charge is 2.14. The normalized spacial score (nSPS) is 11.9. The lowest BCUT2D eigenvalue weighted by atomic mass is 10.0. The number of carboxylic acids is 1. The third-order valence-electron chi connectivity index (χ3n) is 2.62. The number of nitrogens with one attached hydrogen (secondary N) is 1. The molecule has 0 unspecified atom stereocenters. The molecule has 0 saturated carbocycles. The molecule has 17 heavy (non-hydrogen) atoms. The molecule has 0 spiro atoms. The molecular formula is C13H17NO3. The van der Waals surface area contributed by atoms with Crippen molar-refractivity contribution in [1.82, 2.24) is 5.32 Å². The summed E-state index contributed by atoms with van der Waals surface area (Å²) in [6, 6.07) is 5.55. The molecule has 1 atom stereocenters. The quantitative estimate of drug-likeness (QED) is 0.835. The molecular weight excluding hydrogens is 218 g/mol. The summed E-state index contributed by atoms with van der Waals surface area (Å²) in [7, 11) is 0. The average Bonchev–Trinajstić information content (AvgIpc) is 2.25. The van der Waals surface area contributed by atoms with Gasteiger partial charge in [-0.1, -0.05) is 24.6 Å². The Hall–Kier alpha value is -1.84. The first kappa shape index (κ1) is 13.2. The van der Waals surface area contributed by atoms with Crippen LogP contribution in [0.1, 0.15) is 28.4 Å². The minimum absolute atomic E-state index is 0.140. The summed E-state index contributed by atoms with van der Waals surface area (Å²) in [5, 5.41) is 11.3. The second-order valence-corrected chi connectivity index (χ2v) is 4.27. The van der Waals surface area contributed by atoms with Crippen LogP contribution in [-0.4, -0.2) is 23.5 Å². The molecule has 0 aromatic heterocycles. The van der Waals surface area contributed by atoms with Gasteiger partial charge in [-0.05, 0) is 25.5 Å². The maximum Gasteiger partial charge on any atom is 0.308 e. The van der Waals surface area contributed by atoms with E-state index in [0.29, 0.717) is 5.56 Å². The summed E-state index contributed by atoms with van der Waals surface area (Å²) in [6.07, 6.45) is 0. The molecule has 0 heterocycles. The van der Waals surface area contributed by atoms with Crippen LogP contribution >= 0.6 is 0 Å². The number of hydrogen-bond acceptors (Lipinski definition) is 2. The van der Waals surface area contributed by atoms with Crippen molar-refractivity contribution in [2.45, 2.75) is 20.8 Å². The van der Waals surface area contributed by atoms with E-state index < -0.39 is 11.9 Å². The molecule has 2 N–H and O–H groups in total. The molecule has 4 nitrogen and oxygen atoms in total. The maximum absolute atomic E-state index is 11.8. The molecule has 0 aliphatic rings. The molecule has 0 radical (unpaired) electrons. The number of rotatable bonds is 4. The van der Waals surface area contributed by atoms with Gasteiger partial charge in [0.05, 0.1) is 5.92 Å². The van der Waals surface area contributed by atoms with Crippen LogP contribution in [-0.2, 0) is 4.79 Å². The minimum Gasteiger partial charge on any atom is -0.481 e. The van der Waals surface area contributed by atoms with Crippen molar-refractivity contribution < 1.29 is 14.7 Å². The van der Waals surface area contributed by atoms with E-state index in [2.05, 4.69) is 5.32 Å². The lowest BCUT2D eigenvalue weighted by Gasteiger charge is -2.10. The molecule has 0 fully saturated rings. The Kier molecular flexibility index (Phi) is 4.26. The molecule has 1 aromatic rings. The highest BCUT2D eigenvalue weighted by molar-refractivity contribution is 5.95. The molecule has 1 aromatic carbocycles. The van der Waals surface area contributed by atoms with Gasteiger partial charge in [0.2, 0.25) is 0 Å². The number of hydrogen-bond donors (Lipinski definition) is 2. The van der Waals surface area contributed by atoms with Crippen molar-refractivity contribution in [1.29, 1.82) is 0 Å². The number of carbonyl (C=O) groups is 2. The molecule has 0 aliphatic heterocycles. The first-order valence-electron chi connectivity index (χ1n) is 5.50. The van der Waals surface area contributed by atoms with Crippen LogP contribution in [0.4, 0.5) is 0 Å². The zero-order chi connectivity index (χ0) is 13.0. The summed E-state index contributed by atoms with van der Waals surface area (Å²) in [5.74, 6) is -1.72. The van der Waals surface area contributed by atoms with Gasteiger partial charge in [0.1, 0.15) is 0 Å². The lowest BCUT2D eigenvalue weighted by molar-refractivity contribution is -0.140.